The summed E-state index contributed by atoms with van der Waals surface area (Å²) in [5.74, 6) is -1.83. The molecular weight excluding hydrogens is 640 g/mol. The highest BCUT2D eigenvalue weighted by molar-refractivity contribution is 6.32. The molecule has 48 heavy (non-hydrogen) atoms. The van der Waals surface area contributed by atoms with Crippen molar-refractivity contribution in [3.8, 4) is 17.6 Å². The molecular formula is C34H33ClN6O7. The van der Waals surface area contributed by atoms with Gasteiger partial charge in [-0.1, -0.05) is 23.7 Å². The van der Waals surface area contributed by atoms with Gasteiger partial charge in [-0.15, -0.1) is 0 Å². The van der Waals surface area contributed by atoms with E-state index in [1.165, 1.54) is 12.3 Å². The number of carbonyl (C=O) groups excluding carboxylic acids is 1. The molecule has 4 aromatic rings. The summed E-state index contributed by atoms with van der Waals surface area (Å²) < 4.78 is 11.6. The fourth-order valence-corrected chi connectivity index (χ4v) is 4.21. The van der Waals surface area contributed by atoms with Gasteiger partial charge in [0.1, 0.15) is 24.2 Å². The third kappa shape index (κ3) is 11.4. The van der Waals surface area contributed by atoms with E-state index >= 15 is 0 Å². The maximum Gasteiger partial charge on any atom is 0.328 e. The van der Waals surface area contributed by atoms with Crippen LogP contribution < -0.4 is 20.1 Å². The highest BCUT2D eigenvalue weighted by Gasteiger charge is 2.16. The third-order valence-corrected chi connectivity index (χ3v) is 6.35. The number of carboxylic acids is 2. The van der Waals surface area contributed by atoms with E-state index in [-0.39, 0.29) is 12.5 Å². The van der Waals surface area contributed by atoms with Crippen LogP contribution in [0, 0.1) is 11.3 Å². The van der Waals surface area contributed by atoms with Gasteiger partial charge in [0.05, 0.1) is 39.8 Å². The van der Waals surface area contributed by atoms with Crippen LogP contribution in [0.25, 0.3) is 10.9 Å². The van der Waals surface area contributed by atoms with Gasteiger partial charge >= 0.3 is 11.9 Å². The first-order chi connectivity index (χ1) is 23.0. The van der Waals surface area contributed by atoms with Crippen LogP contribution in [0.3, 0.4) is 0 Å². The molecule has 0 aliphatic heterocycles. The Balaban J connectivity index is 0.000000694. The lowest BCUT2D eigenvalue weighted by atomic mass is 10.1. The number of hydrogen-bond donors (Lipinski definition) is 4. The molecule has 0 saturated carbocycles. The van der Waals surface area contributed by atoms with Gasteiger partial charge in [-0.25, -0.2) is 9.59 Å². The van der Waals surface area contributed by atoms with E-state index in [0.29, 0.717) is 75.4 Å². The molecule has 0 spiro atoms. The highest BCUT2D eigenvalue weighted by Crippen LogP contribution is 2.37. The molecule has 14 heteroatoms. The Kier molecular flexibility index (Phi) is 13.9. The summed E-state index contributed by atoms with van der Waals surface area (Å²) in [7, 11) is 3.84. The molecule has 2 heterocycles. The fourth-order valence-electron chi connectivity index (χ4n) is 3.97. The summed E-state index contributed by atoms with van der Waals surface area (Å²) >= 11 is 6.52. The van der Waals surface area contributed by atoms with E-state index in [1.807, 2.05) is 44.1 Å². The average Bonchev–Trinajstić information content (AvgIpc) is 3.04. The Bertz CT molecular complexity index is 1840. The van der Waals surface area contributed by atoms with Crippen molar-refractivity contribution in [3.63, 3.8) is 0 Å². The second-order valence-electron chi connectivity index (χ2n) is 10.0. The van der Waals surface area contributed by atoms with Gasteiger partial charge in [0.2, 0.25) is 5.91 Å². The monoisotopic (exact) mass is 672 g/mol. The second-order valence-corrected chi connectivity index (χ2v) is 10.4. The Morgan fingerprint density at radius 3 is 2.35 bits per heavy atom. The van der Waals surface area contributed by atoms with Crippen molar-refractivity contribution in [3.05, 3.63) is 102 Å². The van der Waals surface area contributed by atoms with Crippen molar-refractivity contribution >= 4 is 57.4 Å². The largest absolute Gasteiger partial charge is 0.492 e. The number of fused-ring (bicyclic) bond motifs is 1. The van der Waals surface area contributed by atoms with Crippen LogP contribution in [0.2, 0.25) is 5.02 Å². The number of carboxylic acid groups (broad SMARTS) is 2. The molecule has 0 atom stereocenters. The Morgan fingerprint density at radius 2 is 1.75 bits per heavy atom. The number of benzene rings is 2. The van der Waals surface area contributed by atoms with Gasteiger partial charge in [0.25, 0.3) is 0 Å². The third-order valence-electron chi connectivity index (χ3n) is 6.06. The first-order valence-electron chi connectivity index (χ1n) is 14.4. The standard InChI is InChI=1S/C30H29ClN6O3.C4H4O4/c1-4-39-28-16-25-23(15-26(28)36-29(38)9-7-13-37(2)3)30(20(17-32)18-34-25)35-21-10-11-27(24(31)14-21)40-19-22-8-5-6-12-33-22;5-3(6)1-2-4(7)8/h5-12,14-16,18H,4,13,19H2,1-3H3,(H,34,35)(H,36,38);1-2H,(H,5,6)(H,7,8)/b9-7-;2-1+. The number of nitrogens with one attached hydrogen (secondary N) is 2. The van der Waals surface area contributed by atoms with E-state index < -0.39 is 11.9 Å². The zero-order chi connectivity index (χ0) is 35.1. The lowest BCUT2D eigenvalue weighted by Gasteiger charge is -2.16. The van der Waals surface area contributed by atoms with Crippen LogP contribution >= 0.6 is 11.6 Å². The summed E-state index contributed by atoms with van der Waals surface area (Å²) in [5, 5.41) is 32.7. The summed E-state index contributed by atoms with van der Waals surface area (Å²) in [6.45, 7) is 3.17. The van der Waals surface area contributed by atoms with Gasteiger partial charge < -0.3 is 35.2 Å². The summed E-state index contributed by atoms with van der Waals surface area (Å²) in [6.07, 6.45) is 7.56. The van der Waals surface area contributed by atoms with Crippen LogP contribution in [0.15, 0.2) is 85.2 Å². The minimum Gasteiger partial charge on any atom is -0.492 e. The number of hydrogen-bond acceptors (Lipinski definition) is 10. The van der Waals surface area contributed by atoms with Crippen LogP contribution in [0.5, 0.6) is 11.5 Å². The predicted molar refractivity (Wildman–Crippen MR) is 182 cm³/mol. The molecule has 2 aromatic heterocycles. The Morgan fingerprint density at radius 1 is 1.00 bits per heavy atom. The number of rotatable bonds is 13. The lowest BCUT2D eigenvalue weighted by molar-refractivity contribution is -0.134. The number of nitrogens with zero attached hydrogens (tertiary/aromatic N) is 4. The first kappa shape index (κ1) is 36.5. The molecule has 0 saturated heterocycles. The number of aromatic nitrogens is 2. The van der Waals surface area contributed by atoms with Crippen LogP contribution in [0.1, 0.15) is 18.2 Å². The summed E-state index contributed by atoms with van der Waals surface area (Å²) in [6, 6.07) is 16.6. The quantitative estimate of drug-likeness (QED) is 0.128. The molecule has 0 unspecified atom stereocenters. The van der Waals surface area contributed by atoms with E-state index in [9.17, 15) is 19.6 Å². The van der Waals surface area contributed by atoms with Gasteiger partial charge in [0.15, 0.2) is 0 Å². The molecule has 0 bridgehead atoms. The van der Waals surface area contributed by atoms with E-state index in [1.54, 1.807) is 42.6 Å². The number of amides is 1. The van der Waals surface area contributed by atoms with Crippen molar-refractivity contribution in [2.75, 3.05) is 37.9 Å². The van der Waals surface area contributed by atoms with Gasteiger partial charge in [0, 0.05) is 54.3 Å². The summed E-state index contributed by atoms with van der Waals surface area (Å²) in [4.78, 5) is 42.4. The molecule has 0 fully saturated rings. The molecule has 4 N–H and O–H groups in total. The van der Waals surface area contributed by atoms with Crippen molar-refractivity contribution in [1.29, 1.82) is 5.26 Å². The first-order valence-corrected chi connectivity index (χ1v) is 14.7. The number of carbonyl (C=O) groups is 3. The predicted octanol–water partition coefficient (Wildman–Crippen LogP) is 5.64. The molecule has 0 aliphatic rings. The normalized spacial score (nSPS) is 10.8. The van der Waals surface area contributed by atoms with Crippen LogP contribution in [0.4, 0.5) is 17.1 Å². The average molecular weight is 673 g/mol. The van der Waals surface area contributed by atoms with Gasteiger partial charge in [-0.2, -0.15) is 5.26 Å². The topological polar surface area (TPSA) is 187 Å². The summed E-state index contributed by atoms with van der Waals surface area (Å²) in [5.41, 5.74) is 3.33. The number of nitriles is 1. The number of ether oxygens (including phenoxy) is 2. The van der Waals surface area contributed by atoms with Crippen molar-refractivity contribution in [1.82, 2.24) is 14.9 Å². The zero-order valence-electron chi connectivity index (χ0n) is 26.3. The van der Waals surface area contributed by atoms with Gasteiger partial charge in [-0.05, 0) is 57.4 Å². The fraction of sp³-hybridized carbons (Fsp3) is 0.176. The van der Waals surface area contributed by atoms with Gasteiger partial charge in [-0.3, -0.25) is 14.8 Å². The smallest absolute Gasteiger partial charge is 0.328 e. The zero-order valence-corrected chi connectivity index (χ0v) is 27.1. The molecule has 1 amide bonds. The Labute approximate surface area is 281 Å². The van der Waals surface area contributed by atoms with E-state index in [0.717, 1.165) is 5.69 Å². The van der Waals surface area contributed by atoms with Crippen molar-refractivity contribution < 1.29 is 34.1 Å². The van der Waals surface area contributed by atoms with Crippen LogP contribution in [-0.4, -0.2) is 70.2 Å². The van der Waals surface area contributed by atoms with Crippen LogP contribution in [-0.2, 0) is 21.0 Å². The van der Waals surface area contributed by atoms with E-state index in [2.05, 4.69) is 26.7 Å². The second kappa shape index (κ2) is 18.2. The number of likely N-dealkylation sites (N-methyl/N-ethyl adjacent to an activating group) is 1. The number of halogens is 1. The number of pyridine rings is 2. The highest BCUT2D eigenvalue weighted by atomic mass is 35.5. The minimum absolute atomic E-state index is 0.280. The molecule has 4 rings (SSSR count). The number of aliphatic carboxylic acids is 2. The van der Waals surface area contributed by atoms with E-state index in [4.69, 9.17) is 31.3 Å². The maximum absolute atomic E-state index is 12.6. The lowest BCUT2D eigenvalue weighted by Crippen LogP contribution is -2.13. The molecule has 0 radical (unpaired) electrons. The maximum atomic E-state index is 12.6. The molecule has 13 nitrogen and oxygen atoms in total. The Hall–Kier alpha value is -5.97. The van der Waals surface area contributed by atoms with Crippen molar-refractivity contribution in [2.45, 2.75) is 13.5 Å². The number of anilines is 3. The molecule has 248 valence electrons. The minimum atomic E-state index is -1.26. The molecule has 2 aromatic carbocycles. The SMILES string of the molecule is CCOc1cc2ncc(C#N)c(Nc3ccc(OCc4ccccn4)c(Cl)c3)c2cc1NC(=O)/C=C\CN(C)C.O=C(O)/C=C/C(=O)O. The van der Waals surface area contributed by atoms with Crippen molar-refractivity contribution in [2.24, 2.45) is 0 Å². The molecule has 0 aliphatic carbocycles.